The summed E-state index contributed by atoms with van der Waals surface area (Å²) in [5.74, 6) is 0.270. The zero-order valence-corrected chi connectivity index (χ0v) is 17.2. The first-order valence-corrected chi connectivity index (χ1v) is 12.2. The van der Waals surface area contributed by atoms with E-state index in [1.54, 1.807) is 11.9 Å². The monoisotopic (exact) mass is 418 g/mol. The lowest BCUT2D eigenvalue weighted by Gasteiger charge is -2.22. The van der Waals surface area contributed by atoms with Crippen LogP contribution < -0.4 is 4.90 Å². The van der Waals surface area contributed by atoms with Crippen LogP contribution in [0.2, 0.25) is 0 Å². The van der Waals surface area contributed by atoms with Gasteiger partial charge in [-0.25, -0.2) is 8.42 Å². The van der Waals surface area contributed by atoms with Crippen molar-refractivity contribution >= 4 is 49.9 Å². The van der Waals surface area contributed by atoms with Crippen LogP contribution in [0, 0.1) is 0 Å². The molecule has 1 saturated carbocycles. The molecule has 26 heavy (non-hydrogen) atoms. The van der Waals surface area contributed by atoms with E-state index in [0.29, 0.717) is 22.3 Å². The second-order valence-electron chi connectivity index (χ2n) is 6.55. The summed E-state index contributed by atoms with van der Waals surface area (Å²) in [6.07, 6.45) is 2.89. The first kappa shape index (κ1) is 19.6. The van der Waals surface area contributed by atoms with Crippen LogP contribution in [0.1, 0.15) is 32.6 Å². The van der Waals surface area contributed by atoms with Crippen LogP contribution in [0.25, 0.3) is 0 Å². The van der Waals surface area contributed by atoms with E-state index in [1.807, 2.05) is 6.92 Å². The Bertz CT molecular complexity index is 791. The van der Waals surface area contributed by atoms with Crippen molar-refractivity contribution in [2.75, 3.05) is 29.2 Å². The lowest BCUT2D eigenvalue weighted by molar-refractivity contribution is -0.128. The minimum Gasteiger partial charge on any atom is -0.341 e. The largest absolute Gasteiger partial charge is 0.341 e. The Morgan fingerprint density at radius 2 is 1.92 bits per heavy atom. The van der Waals surface area contributed by atoms with E-state index in [1.165, 1.54) is 28.0 Å². The van der Waals surface area contributed by atoms with Crippen molar-refractivity contribution in [3.63, 3.8) is 0 Å². The van der Waals surface area contributed by atoms with Gasteiger partial charge >= 0.3 is 0 Å². The van der Waals surface area contributed by atoms with Gasteiger partial charge in [-0.1, -0.05) is 30.0 Å². The Hall–Kier alpha value is -1.20. The van der Waals surface area contributed by atoms with Crippen molar-refractivity contribution in [2.45, 2.75) is 49.0 Å². The van der Waals surface area contributed by atoms with Crippen LogP contribution in [0.15, 0.2) is 4.34 Å². The van der Waals surface area contributed by atoms with Gasteiger partial charge in [0.05, 0.1) is 17.3 Å². The van der Waals surface area contributed by atoms with Gasteiger partial charge in [-0.15, -0.1) is 10.2 Å². The molecule has 2 amide bonds. The van der Waals surface area contributed by atoms with Gasteiger partial charge in [0.25, 0.3) is 0 Å². The van der Waals surface area contributed by atoms with E-state index in [2.05, 4.69) is 10.2 Å². The van der Waals surface area contributed by atoms with Gasteiger partial charge in [-0.3, -0.25) is 14.5 Å². The van der Waals surface area contributed by atoms with Gasteiger partial charge in [-0.2, -0.15) is 0 Å². The number of rotatable bonds is 7. The van der Waals surface area contributed by atoms with E-state index >= 15 is 0 Å². The van der Waals surface area contributed by atoms with Crippen molar-refractivity contribution in [1.29, 1.82) is 0 Å². The third kappa shape index (κ3) is 4.55. The summed E-state index contributed by atoms with van der Waals surface area (Å²) in [5, 5.41) is 8.79. The molecule has 1 saturated heterocycles. The topological polar surface area (TPSA) is 101 Å². The lowest BCUT2D eigenvalue weighted by atomic mass is 10.2. The maximum atomic E-state index is 12.3. The predicted molar refractivity (Wildman–Crippen MR) is 101 cm³/mol. The van der Waals surface area contributed by atoms with Crippen LogP contribution in [-0.2, 0) is 19.4 Å². The highest BCUT2D eigenvalue weighted by Gasteiger charge is 2.35. The number of hydrogen-bond donors (Lipinski definition) is 0. The molecule has 144 valence electrons. The van der Waals surface area contributed by atoms with E-state index in [0.717, 1.165) is 12.8 Å². The molecular weight excluding hydrogens is 396 g/mol. The number of thioether (sulfide) groups is 1. The molecule has 2 fully saturated rings. The van der Waals surface area contributed by atoms with Crippen molar-refractivity contribution in [1.82, 2.24) is 15.1 Å². The zero-order chi connectivity index (χ0) is 18.9. The number of anilines is 1. The third-order valence-electron chi connectivity index (χ3n) is 4.55. The first-order valence-electron chi connectivity index (χ1n) is 8.55. The zero-order valence-electron chi connectivity index (χ0n) is 14.8. The number of carbonyl (C=O) groups excluding carboxylic acids is 2. The first-order chi connectivity index (χ1) is 12.3. The molecule has 3 rings (SSSR count). The highest BCUT2D eigenvalue weighted by atomic mass is 32.2. The van der Waals surface area contributed by atoms with Crippen molar-refractivity contribution in [3.05, 3.63) is 0 Å². The fraction of sp³-hybridized carbons (Fsp3) is 0.733. The summed E-state index contributed by atoms with van der Waals surface area (Å²) in [5.41, 5.74) is 0. The molecule has 8 nitrogen and oxygen atoms in total. The molecule has 0 aromatic carbocycles. The Balaban J connectivity index is 1.56. The molecule has 0 bridgehead atoms. The molecule has 11 heteroatoms. The predicted octanol–water partition coefficient (Wildman–Crippen LogP) is 1.18. The smallest absolute Gasteiger partial charge is 0.233 e. The molecule has 1 aliphatic carbocycles. The molecule has 1 atom stereocenters. The molecular formula is C15H22N4O4S3. The van der Waals surface area contributed by atoms with Crippen molar-refractivity contribution in [3.8, 4) is 0 Å². The molecule has 2 heterocycles. The molecule has 1 aromatic rings. The van der Waals surface area contributed by atoms with Crippen LogP contribution in [-0.4, -0.2) is 71.7 Å². The molecule has 0 spiro atoms. The number of aromatic nitrogens is 2. The minimum absolute atomic E-state index is 0.0400. The second kappa shape index (κ2) is 7.81. The Kier molecular flexibility index (Phi) is 5.88. The molecule has 0 radical (unpaired) electrons. The van der Waals surface area contributed by atoms with Crippen molar-refractivity contribution < 1.29 is 18.0 Å². The Morgan fingerprint density at radius 1 is 1.19 bits per heavy atom. The summed E-state index contributed by atoms with van der Waals surface area (Å²) in [6.45, 7) is 1.83. The third-order valence-corrected chi connectivity index (χ3v) is 8.34. The molecule has 1 aromatic heterocycles. The summed E-state index contributed by atoms with van der Waals surface area (Å²) < 4.78 is 23.8. The van der Waals surface area contributed by atoms with E-state index < -0.39 is 9.84 Å². The Labute approximate surface area is 161 Å². The fourth-order valence-electron chi connectivity index (χ4n) is 2.84. The number of carbonyl (C=O) groups is 2. The normalized spacial score (nSPS) is 21.5. The molecule has 0 N–H and O–H groups in total. The fourth-order valence-corrected chi connectivity index (χ4v) is 6.47. The number of nitrogens with zero attached hydrogens (tertiary/aromatic N) is 4. The number of hydrogen-bond acceptors (Lipinski definition) is 8. The van der Waals surface area contributed by atoms with Gasteiger partial charge in [0.1, 0.15) is 0 Å². The van der Waals surface area contributed by atoms with Crippen LogP contribution in [0.4, 0.5) is 5.13 Å². The molecule has 2 aliphatic rings. The van der Waals surface area contributed by atoms with E-state index in [9.17, 15) is 18.0 Å². The number of sulfone groups is 1. The van der Waals surface area contributed by atoms with Gasteiger partial charge in [0.15, 0.2) is 14.2 Å². The van der Waals surface area contributed by atoms with Gasteiger partial charge < -0.3 is 4.90 Å². The van der Waals surface area contributed by atoms with Crippen LogP contribution in [0.3, 0.4) is 0 Å². The summed E-state index contributed by atoms with van der Waals surface area (Å²) in [6, 6.07) is -0.0176. The maximum Gasteiger partial charge on any atom is 0.233 e. The summed E-state index contributed by atoms with van der Waals surface area (Å²) in [4.78, 5) is 27.7. The quantitative estimate of drug-likeness (QED) is 0.484. The average Bonchev–Trinajstić information content (AvgIpc) is 3.21. The highest BCUT2D eigenvalue weighted by Crippen LogP contribution is 2.36. The second-order valence-corrected chi connectivity index (χ2v) is 11.0. The summed E-state index contributed by atoms with van der Waals surface area (Å²) >= 11 is 2.59. The minimum atomic E-state index is -3.02. The van der Waals surface area contributed by atoms with Crippen LogP contribution in [0.5, 0.6) is 0 Å². The highest BCUT2D eigenvalue weighted by molar-refractivity contribution is 8.01. The average molecular weight is 419 g/mol. The Morgan fingerprint density at radius 3 is 2.50 bits per heavy atom. The van der Waals surface area contributed by atoms with Gasteiger partial charge in [-0.05, 0) is 19.3 Å². The standard InChI is InChI=1S/C15H22N4O4S3/c1-3-12(20)19(10-4-5-10)14-16-17-15(25-14)24-8-13(21)18(2)11-6-7-26(22,23)9-11/h10-11H,3-9H2,1-2H3/t11-/m1/s1. The number of amides is 2. The molecule has 1 aliphatic heterocycles. The van der Waals surface area contributed by atoms with Gasteiger partial charge in [0.2, 0.25) is 16.9 Å². The maximum absolute atomic E-state index is 12.3. The molecule has 0 unspecified atom stereocenters. The van der Waals surface area contributed by atoms with Crippen LogP contribution >= 0.6 is 23.1 Å². The SMILES string of the molecule is CCC(=O)N(c1nnc(SCC(=O)N(C)[C@@H]2CCS(=O)(=O)C2)s1)C1CC1. The lowest BCUT2D eigenvalue weighted by Crippen LogP contribution is -2.38. The van der Waals surface area contributed by atoms with E-state index in [4.69, 9.17) is 0 Å². The van der Waals surface area contributed by atoms with Crippen molar-refractivity contribution in [2.24, 2.45) is 0 Å². The summed E-state index contributed by atoms with van der Waals surface area (Å²) in [7, 11) is -1.37. The van der Waals surface area contributed by atoms with Gasteiger partial charge in [0, 0.05) is 25.6 Å². The van der Waals surface area contributed by atoms with E-state index in [-0.39, 0.29) is 41.2 Å².